The molecule has 0 radical (unpaired) electrons. The Morgan fingerprint density at radius 2 is 2.10 bits per heavy atom. The average molecular weight is 176 g/mol. The van der Waals surface area contributed by atoms with Crippen LogP contribution in [0.4, 0.5) is 0 Å². The summed E-state index contributed by atoms with van der Waals surface area (Å²) < 4.78 is 11.2. The molecule has 0 spiro atoms. The third kappa shape index (κ3) is 1.92. The van der Waals surface area contributed by atoms with Crippen LogP contribution >= 0.6 is 0 Å². The normalized spacial score (nSPS) is 39.5. The van der Waals surface area contributed by atoms with Crippen molar-refractivity contribution >= 4 is 18.9 Å². The molecule has 1 aliphatic rings. The molecule has 10 heavy (non-hydrogen) atoms. The SMILES string of the molecule is CC1C[Si](C)(C)CCS1=O. The molecular formula is C7H16OSSi. The minimum atomic E-state index is -0.888. The maximum absolute atomic E-state index is 11.2. The monoisotopic (exact) mass is 176 g/mol. The van der Waals surface area contributed by atoms with Gasteiger partial charge in [0.15, 0.2) is 0 Å². The molecule has 1 heterocycles. The van der Waals surface area contributed by atoms with Crippen LogP contribution in [0.25, 0.3) is 0 Å². The molecule has 2 unspecified atom stereocenters. The van der Waals surface area contributed by atoms with Gasteiger partial charge in [0.2, 0.25) is 0 Å². The van der Waals surface area contributed by atoms with Crippen LogP contribution in [0, 0.1) is 0 Å². The summed E-state index contributed by atoms with van der Waals surface area (Å²) in [6.07, 6.45) is 0. The van der Waals surface area contributed by atoms with Gasteiger partial charge in [0.1, 0.15) is 0 Å². The molecule has 2 atom stereocenters. The predicted molar refractivity (Wildman–Crippen MR) is 49.6 cm³/mol. The van der Waals surface area contributed by atoms with Gasteiger partial charge in [-0.05, 0) is 12.1 Å². The van der Waals surface area contributed by atoms with Crippen LogP contribution in [0.15, 0.2) is 0 Å². The van der Waals surface area contributed by atoms with Crippen molar-refractivity contribution in [3.05, 3.63) is 0 Å². The molecule has 0 bridgehead atoms. The summed E-state index contributed by atoms with van der Waals surface area (Å²) in [5, 5.41) is 0.482. The number of hydrogen-bond acceptors (Lipinski definition) is 1. The Bertz CT molecular complexity index is 156. The van der Waals surface area contributed by atoms with E-state index >= 15 is 0 Å². The van der Waals surface area contributed by atoms with Crippen LogP contribution in [0.1, 0.15) is 6.92 Å². The molecule has 0 aliphatic carbocycles. The standard InChI is InChI=1S/C7H16OSSi/c1-7-6-10(2,3)5-4-9(7)8/h7H,4-6H2,1-3H3. The largest absolute Gasteiger partial charge is 0.259 e. The van der Waals surface area contributed by atoms with Gasteiger partial charge in [0, 0.05) is 29.9 Å². The molecule has 1 rings (SSSR count). The third-order valence-corrected chi connectivity index (χ3v) is 7.92. The van der Waals surface area contributed by atoms with E-state index in [4.69, 9.17) is 0 Å². The van der Waals surface area contributed by atoms with Crippen LogP contribution in [0.5, 0.6) is 0 Å². The van der Waals surface area contributed by atoms with Gasteiger partial charge in [-0.25, -0.2) is 0 Å². The van der Waals surface area contributed by atoms with E-state index in [1.54, 1.807) is 0 Å². The average Bonchev–Trinajstić information content (AvgIpc) is 1.79. The second-order valence-corrected chi connectivity index (χ2v) is 11.2. The van der Waals surface area contributed by atoms with E-state index in [0.29, 0.717) is 5.25 Å². The van der Waals surface area contributed by atoms with Crippen molar-refractivity contribution in [3.8, 4) is 0 Å². The maximum Gasteiger partial charge on any atom is 0.0494 e. The lowest BCUT2D eigenvalue weighted by Gasteiger charge is -2.30. The van der Waals surface area contributed by atoms with Gasteiger partial charge in [-0.3, -0.25) is 4.21 Å². The molecule has 0 N–H and O–H groups in total. The van der Waals surface area contributed by atoms with E-state index in [-0.39, 0.29) is 0 Å². The maximum atomic E-state index is 11.2. The zero-order valence-electron chi connectivity index (χ0n) is 7.02. The van der Waals surface area contributed by atoms with Crippen molar-refractivity contribution in [2.45, 2.75) is 37.4 Å². The van der Waals surface area contributed by atoms with Gasteiger partial charge in [0.05, 0.1) is 0 Å². The van der Waals surface area contributed by atoms with Crippen molar-refractivity contribution in [1.82, 2.24) is 0 Å². The second kappa shape index (κ2) is 2.78. The Morgan fingerprint density at radius 3 is 2.50 bits per heavy atom. The van der Waals surface area contributed by atoms with E-state index in [1.165, 1.54) is 12.1 Å². The Hall–Kier alpha value is 0.367. The van der Waals surface area contributed by atoms with Gasteiger partial charge >= 0.3 is 0 Å². The van der Waals surface area contributed by atoms with Crippen LogP contribution in [0.3, 0.4) is 0 Å². The van der Waals surface area contributed by atoms with Crippen molar-refractivity contribution in [2.24, 2.45) is 0 Å². The topological polar surface area (TPSA) is 17.1 Å². The lowest BCUT2D eigenvalue weighted by atomic mass is 10.6. The summed E-state index contributed by atoms with van der Waals surface area (Å²) in [6, 6.07) is 2.53. The molecule has 1 fully saturated rings. The highest BCUT2D eigenvalue weighted by molar-refractivity contribution is 7.86. The van der Waals surface area contributed by atoms with E-state index in [0.717, 1.165) is 5.75 Å². The van der Waals surface area contributed by atoms with Crippen LogP contribution in [-0.4, -0.2) is 23.3 Å². The van der Waals surface area contributed by atoms with Crippen molar-refractivity contribution in [1.29, 1.82) is 0 Å². The fourth-order valence-electron chi connectivity index (χ4n) is 1.55. The van der Waals surface area contributed by atoms with E-state index in [9.17, 15) is 4.21 Å². The molecule has 1 saturated heterocycles. The number of rotatable bonds is 0. The first kappa shape index (κ1) is 8.46. The summed E-state index contributed by atoms with van der Waals surface area (Å²) in [7, 11) is -1.39. The van der Waals surface area contributed by atoms with Gasteiger partial charge < -0.3 is 0 Å². The first-order chi connectivity index (χ1) is 4.51. The minimum Gasteiger partial charge on any atom is -0.259 e. The lowest BCUT2D eigenvalue weighted by Crippen LogP contribution is -2.38. The fraction of sp³-hybridized carbons (Fsp3) is 1.00. The lowest BCUT2D eigenvalue weighted by molar-refractivity contribution is 0.674. The number of hydrogen-bond donors (Lipinski definition) is 0. The fourth-order valence-corrected chi connectivity index (χ4v) is 8.83. The second-order valence-electron chi connectivity index (χ2n) is 4.01. The minimum absolute atomic E-state index is 0.482. The van der Waals surface area contributed by atoms with E-state index in [2.05, 4.69) is 20.0 Å². The molecule has 60 valence electrons. The summed E-state index contributed by atoms with van der Waals surface area (Å²) in [6.45, 7) is 6.93. The van der Waals surface area contributed by atoms with Crippen molar-refractivity contribution < 1.29 is 4.21 Å². The van der Waals surface area contributed by atoms with Crippen molar-refractivity contribution in [2.75, 3.05) is 5.75 Å². The highest BCUT2D eigenvalue weighted by atomic mass is 32.2. The predicted octanol–water partition coefficient (Wildman–Crippen LogP) is 1.85. The van der Waals surface area contributed by atoms with E-state index in [1.807, 2.05) is 0 Å². The Balaban J connectivity index is 2.57. The molecule has 1 nitrogen and oxygen atoms in total. The Kier molecular flexibility index (Phi) is 2.35. The smallest absolute Gasteiger partial charge is 0.0494 e. The van der Waals surface area contributed by atoms with Gasteiger partial charge in [-0.15, -0.1) is 0 Å². The van der Waals surface area contributed by atoms with Crippen LogP contribution in [-0.2, 0) is 10.8 Å². The first-order valence-corrected chi connectivity index (χ1v) is 8.68. The Morgan fingerprint density at radius 1 is 1.50 bits per heavy atom. The zero-order chi connectivity index (χ0) is 7.78. The molecule has 0 aromatic carbocycles. The molecule has 0 aromatic rings. The zero-order valence-corrected chi connectivity index (χ0v) is 8.83. The molecule has 3 heteroatoms. The molecule has 1 aliphatic heterocycles. The van der Waals surface area contributed by atoms with Crippen LogP contribution < -0.4 is 0 Å². The summed E-state index contributed by atoms with van der Waals surface area (Å²) in [5.41, 5.74) is 0. The van der Waals surface area contributed by atoms with E-state index < -0.39 is 18.9 Å². The first-order valence-electron chi connectivity index (χ1n) is 3.88. The molecule has 0 amide bonds. The summed E-state index contributed by atoms with van der Waals surface area (Å²) in [4.78, 5) is 0. The highest BCUT2D eigenvalue weighted by Gasteiger charge is 2.31. The van der Waals surface area contributed by atoms with Crippen LogP contribution in [0.2, 0.25) is 25.2 Å². The van der Waals surface area contributed by atoms with Gasteiger partial charge in [0.25, 0.3) is 0 Å². The molecular weight excluding hydrogens is 160 g/mol. The summed E-state index contributed by atoms with van der Waals surface area (Å²) in [5.74, 6) is 0.973. The van der Waals surface area contributed by atoms with Gasteiger partial charge in [-0.1, -0.05) is 20.0 Å². The quantitative estimate of drug-likeness (QED) is 0.515. The Labute approximate surface area is 66.7 Å². The summed E-state index contributed by atoms with van der Waals surface area (Å²) >= 11 is 0. The third-order valence-electron chi connectivity index (χ3n) is 2.27. The molecule has 0 saturated carbocycles. The van der Waals surface area contributed by atoms with Gasteiger partial charge in [-0.2, -0.15) is 0 Å². The highest BCUT2D eigenvalue weighted by Crippen LogP contribution is 2.26. The molecule has 0 aromatic heterocycles. The van der Waals surface area contributed by atoms with Crippen molar-refractivity contribution in [3.63, 3.8) is 0 Å².